The first-order valence-corrected chi connectivity index (χ1v) is 11.8. The number of aryl methyl sites for hydroxylation is 1. The van der Waals surface area contributed by atoms with Crippen LogP contribution in [0, 0.1) is 12.8 Å². The highest BCUT2D eigenvalue weighted by Crippen LogP contribution is 2.37. The molecule has 6 nitrogen and oxygen atoms in total. The van der Waals surface area contributed by atoms with Crippen LogP contribution in [-0.2, 0) is 16.2 Å². The van der Waals surface area contributed by atoms with Crippen molar-refractivity contribution in [3.63, 3.8) is 0 Å². The topological polar surface area (TPSA) is 78.5 Å². The number of urea groups is 1. The fourth-order valence-electron chi connectivity index (χ4n) is 3.55. The third-order valence-electron chi connectivity index (χ3n) is 5.21. The fraction of sp³-hybridized carbons (Fsp3) is 0.381. The molecule has 0 bridgehead atoms. The van der Waals surface area contributed by atoms with E-state index in [0.29, 0.717) is 24.6 Å². The van der Waals surface area contributed by atoms with Crippen LogP contribution in [-0.4, -0.2) is 38.4 Å². The van der Waals surface area contributed by atoms with Crippen molar-refractivity contribution in [1.82, 2.24) is 9.62 Å². The standard InChI is InChI=1S/C21H23ClF3N3O3S/c1-14-4-7-17(8-5-14)27-20(29)26-12-15-3-2-10-28(13-15)32(30,31)19-9-6-16(22)11-18(19)21(23,24)25/h4-9,11,15H,2-3,10,12-13H2,1H3,(H2,26,27,29)/t15-/m0/s1. The van der Waals surface area contributed by atoms with Gasteiger partial charge in [-0.1, -0.05) is 29.3 Å². The van der Waals surface area contributed by atoms with Crippen LogP contribution in [0.4, 0.5) is 23.7 Å². The van der Waals surface area contributed by atoms with Crippen LogP contribution in [0.15, 0.2) is 47.4 Å². The molecule has 2 N–H and O–H groups in total. The van der Waals surface area contributed by atoms with E-state index >= 15 is 0 Å². The zero-order valence-corrected chi connectivity index (χ0v) is 18.8. The maximum absolute atomic E-state index is 13.4. The molecule has 1 fully saturated rings. The Kier molecular flexibility index (Phi) is 7.36. The molecule has 2 aromatic carbocycles. The quantitative estimate of drug-likeness (QED) is 0.627. The van der Waals surface area contributed by atoms with E-state index in [1.165, 1.54) is 0 Å². The highest BCUT2D eigenvalue weighted by Gasteiger charge is 2.40. The minimum Gasteiger partial charge on any atom is -0.338 e. The molecule has 11 heteroatoms. The number of hydrogen-bond donors (Lipinski definition) is 2. The number of rotatable bonds is 5. The second kappa shape index (κ2) is 9.68. The molecule has 0 radical (unpaired) electrons. The van der Waals surface area contributed by atoms with Crippen molar-refractivity contribution in [1.29, 1.82) is 0 Å². The first-order valence-electron chi connectivity index (χ1n) is 9.95. The molecular formula is C21H23ClF3N3O3S. The number of amides is 2. The number of piperidine rings is 1. The molecule has 1 atom stereocenters. The summed E-state index contributed by atoms with van der Waals surface area (Å²) in [4.78, 5) is 11.3. The first kappa shape index (κ1) is 24.3. The molecule has 3 rings (SSSR count). The summed E-state index contributed by atoms with van der Waals surface area (Å²) in [6.45, 7) is 2.23. The summed E-state index contributed by atoms with van der Waals surface area (Å²) in [5.74, 6) is -0.232. The maximum Gasteiger partial charge on any atom is 0.417 e. The summed E-state index contributed by atoms with van der Waals surface area (Å²) in [6, 6.07) is 9.41. The number of halogens is 4. The Bertz CT molecular complexity index is 1080. The number of anilines is 1. The summed E-state index contributed by atoms with van der Waals surface area (Å²) in [5.41, 5.74) is 0.375. The predicted molar refractivity (Wildman–Crippen MR) is 116 cm³/mol. The lowest BCUT2D eigenvalue weighted by atomic mass is 10.00. The average molecular weight is 490 g/mol. The van der Waals surface area contributed by atoms with E-state index in [2.05, 4.69) is 10.6 Å². The van der Waals surface area contributed by atoms with E-state index in [0.717, 1.165) is 22.0 Å². The minimum atomic E-state index is -4.86. The third kappa shape index (κ3) is 5.93. The van der Waals surface area contributed by atoms with Crippen molar-refractivity contribution in [2.24, 2.45) is 5.92 Å². The Labute approximate surface area is 189 Å². The summed E-state index contributed by atoms with van der Waals surface area (Å²) in [6.07, 6.45) is -3.75. The molecular weight excluding hydrogens is 467 g/mol. The highest BCUT2D eigenvalue weighted by atomic mass is 35.5. The van der Waals surface area contributed by atoms with Crippen LogP contribution in [0.3, 0.4) is 0 Å². The van der Waals surface area contributed by atoms with Gasteiger partial charge in [-0.15, -0.1) is 0 Å². The van der Waals surface area contributed by atoms with Crippen LogP contribution in [0.1, 0.15) is 24.0 Å². The lowest BCUT2D eigenvalue weighted by Crippen LogP contribution is -2.44. The van der Waals surface area contributed by atoms with Gasteiger partial charge in [-0.25, -0.2) is 13.2 Å². The Morgan fingerprint density at radius 2 is 1.88 bits per heavy atom. The van der Waals surface area contributed by atoms with Gasteiger partial charge in [0.15, 0.2) is 0 Å². The summed E-state index contributed by atoms with van der Waals surface area (Å²) < 4.78 is 67.3. The van der Waals surface area contributed by atoms with Crippen LogP contribution >= 0.6 is 11.6 Å². The maximum atomic E-state index is 13.4. The van der Waals surface area contributed by atoms with Crippen molar-refractivity contribution in [2.45, 2.75) is 30.8 Å². The van der Waals surface area contributed by atoms with Crippen LogP contribution in [0.5, 0.6) is 0 Å². The van der Waals surface area contributed by atoms with E-state index in [9.17, 15) is 26.4 Å². The lowest BCUT2D eigenvalue weighted by molar-refractivity contribution is -0.139. The number of alkyl halides is 3. The third-order valence-corrected chi connectivity index (χ3v) is 7.37. The number of carbonyl (C=O) groups excluding carboxylic acids is 1. The molecule has 1 aliphatic rings. The lowest BCUT2D eigenvalue weighted by Gasteiger charge is -2.32. The molecule has 2 aromatic rings. The van der Waals surface area contributed by atoms with Crippen LogP contribution < -0.4 is 10.6 Å². The van der Waals surface area contributed by atoms with E-state index in [-0.39, 0.29) is 30.6 Å². The van der Waals surface area contributed by atoms with Gasteiger partial charge in [0.05, 0.1) is 10.5 Å². The first-order chi connectivity index (χ1) is 15.0. The molecule has 1 heterocycles. The second-order valence-corrected chi connectivity index (χ2v) is 10.1. The van der Waals surface area contributed by atoms with E-state index in [1.807, 2.05) is 19.1 Å². The Morgan fingerprint density at radius 1 is 1.19 bits per heavy atom. The number of nitrogens with zero attached hydrogens (tertiary/aromatic N) is 1. The summed E-state index contributed by atoms with van der Waals surface area (Å²) in [5, 5.41) is 5.19. The number of carbonyl (C=O) groups is 1. The van der Waals surface area contributed by atoms with Crippen molar-refractivity contribution < 1.29 is 26.4 Å². The average Bonchev–Trinajstić information content (AvgIpc) is 2.73. The molecule has 0 aliphatic carbocycles. The Balaban J connectivity index is 1.66. The fourth-order valence-corrected chi connectivity index (χ4v) is 5.47. The van der Waals surface area contributed by atoms with Crippen molar-refractivity contribution >= 4 is 33.3 Å². The van der Waals surface area contributed by atoms with Gasteiger partial charge in [0.2, 0.25) is 10.0 Å². The highest BCUT2D eigenvalue weighted by molar-refractivity contribution is 7.89. The molecule has 1 aliphatic heterocycles. The van der Waals surface area contributed by atoms with Gasteiger partial charge in [-0.2, -0.15) is 17.5 Å². The zero-order chi connectivity index (χ0) is 23.5. The van der Waals surface area contributed by atoms with Gasteiger partial charge in [-0.05, 0) is 56.0 Å². The SMILES string of the molecule is Cc1ccc(NC(=O)NC[C@@H]2CCCN(S(=O)(=O)c3ccc(Cl)cc3C(F)(F)F)C2)cc1. The van der Waals surface area contributed by atoms with Crippen molar-refractivity contribution in [2.75, 3.05) is 25.0 Å². The molecule has 0 saturated carbocycles. The molecule has 2 amide bonds. The largest absolute Gasteiger partial charge is 0.417 e. The van der Waals surface area contributed by atoms with E-state index in [4.69, 9.17) is 11.6 Å². The molecule has 32 heavy (non-hydrogen) atoms. The van der Waals surface area contributed by atoms with Gasteiger partial charge in [0.1, 0.15) is 0 Å². The van der Waals surface area contributed by atoms with Crippen LogP contribution in [0.2, 0.25) is 5.02 Å². The molecule has 174 valence electrons. The van der Waals surface area contributed by atoms with Crippen molar-refractivity contribution in [3.8, 4) is 0 Å². The smallest absolute Gasteiger partial charge is 0.338 e. The molecule has 0 unspecified atom stereocenters. The number of hydrogen-bond acceptors (Lipinski definition) is 3. The molecule has 0 spiro atoms. The predicted octanol–water partition coefficient (Wildman–Crippen LogP) is 4.89. The monoisotopic (exact) mass is 489 g/mol. The summed E-state index contributed by atoms with van der Waals surface area (Å²) >= 11 is 5.66. The van der Waals surface area contributed by atoms with Crippen molar-refractivity contribution in [3.05, 3.63) is 58.6 Å². The summed E-state index contributed by atoms with van der Waals surface area (Å²) in [7, 11) is -4.39. The number of sulfonamides is 1. The van der Waals surface area contributed by atoms with Gasteiger partial charge in [0.25, 0.3) is 0 Å². The van der Waals surface area contributed by atoms with Gasteiger partial charge >= 0.3 is 12.2 Å². The van der Waals surface area contributed by atoms with Crippen LogP contribution in [0.25, 0.3) is 0 Å². The zero-order valence-electron chi connectivity index (χ0n) is 17.2. The van der Waals surface area contributed by atoms with Gasteiger partial charge < -0.3 is 10.6 Å². The Hall–Kier alpha value is -2.30. The van der Waals surface area contributed by atoms with E-state index < -0.39 is 32.7 Å². The second-order valence-electron chi connectivity index (χ2n) is 7.71. The van der Waals surface area contributed by atoms with E-state index in [1.54, 1.807) is 12.1 Å². The molecule has 0 aromatic heterocycles. The molecule has 1 saturated heterocycles. The van der Waals surface area contributed by atoms with Gasteiger partial charge in [0, 0.05) is 30.3 Å². The number of nitrogens with one attached hydrogen (secondary N) is 2. The normalized spacial score (nSPS) is 17.7. The van der Waals surface area contributed by atoms with Gasteiger partial charge in [-0.3, -0.25) is 0 Å². The number of benzene rings is 2. The Morgan fingerprint density at radius 3 is 2.53 bits per heavy atom. The minimum absolute atomic E-state index is 0.00701.